The van der Waals surface area contributed by atoms with Gasteiger partial charge in [0, 0.05) is 34.8 Å². The van der Waals surface area contributed by atoms with Crippen LogP contribution in [0.2, 0.25) is 0 Å². The molecule has 170 valence electrons. The number of carbonyl (C=O) groups is 1. The zero-order chi connectivity index (χ0) is 22.6. The molecule has 2 aliphatic carbocycles. The number of fused-ring (bicyclic) bond motifs is 1. The summed E-state index contributed by atoms with van der Waals surface area (Å²) in [6.45, 7) is 3.36. The topological polar surface area (TPSA) is 88.8 Å². The molecule has 6 rings (SSSR count). The molecule has 1 amide bonds. The van der Waals surface area contributed by atoms with Gasteiger partial charge in [-0.2, -0.15) is 0 Å². The standard InChI is InChI=1S/C25H29N7O/c1-25(10-11-25)21-12-17-18(20(28-21)13-26-2)14-31(24(17)33)22-9-5-8-19(29-22)23-30-27-15-32(23)16-6-3-4-7-16/h5,8-9,12,15-16,26H,3-4,6-7,10-11,13-14H2,1-2H3. The van der Waals surface area contributed by atoms with Gasteiger partial charge in [0.25, 0.3) is 5.91 Å². The molecule has 0 unspecified atom stereocenters. The van der Waals surface area contributed by atoms with Crippen LogP contribution in [0.3, 0.4) is 0 Å². The molecule has 8 heteroatoms. The van der Waals surface area contributed by atoms with Crippen molar-refractivity contribution in [2.75, 3.05) is 11.9 Å². The maximum absolute atomic E-state index is 13.5. The number of hydrogen-bond donors (Lipinski definition) is 1. The van der Waals surface area contributed by atoms with Crippen LogP contribution in [-0.4, -0.2) is 37.7 Å². The predicted octanol–water partition coefficient (Wildman–Crippen LogP) is 3.78. The molecule has 0 bridgehead atoms. The summed E-state index contributed by atoms with van der Waals surface area (Å²) < 4.78 is 2.15. The van der Waals surface area contributed by atoms with E-state index in [1.807, 2.05) is 37.6 Å². The fourth-order valence-electron chi connectivity index (χ4n) is 5.19. The minimum atomic E-state index is -0.00263. The van der Waals surface area contributed by atoms with Gasteiger partial charge in [-0.3, -0.25) is 14.7 Å². The number of aromatic nitrogens is 5. The van der Waals surface area contributed by atoms with Crippen molar-refractivity contribution < 1.29 is 4.79 Å². The summed E-state index contributed by atoms with van der Waals surface area (Å²) in [6, 6.07) is 8.25. The van der Waals surface area contributed by atoms with Gasteiger partial charge in [0.1, 0.15) is 17.8 Å². The molecule has 2 fully saturated rings. The van der Waals surface area contributed by atoms with Gasteiger partial charge < -0.3 is 9.88 Å². The third-order valence-electron chi connectivity index (χ3n) is 7.50. The van der Waals surface area contributed by atoms with Gasteiger partial charge in [-0.25, -0.2) is 4.98 Å². The molecule has 0 saturated heterocycles. The van der Waals surface area contributed by atoms with Crippen molar-refractivity contribution >= 4 is 11.7 Å². The zero-order valence-electron chi connectivity index (χ0n) is 19.2. The van der Waals surface area contributed by atoms with Crippen LogP contribution in [-0.2, 0) is 18.5 Å². The molecule has 0 atom stereocenters. The van der Waals surface area contributed by atoms with E-state index in [9.17, 15) is 4.79 Å². The molecule has 1 N–H and O–H groups in total. The van der Waals surface area contributed by atoms with Crippen LogP contribution in [0.15, 0.2) is 30.6 Å². The lowest BCUT2D eigenvalue weighted by Gasteiger charge is -2.17. The van der Waals surface area contributed by atoms with Crippen LogP contribution < -0.4 is 10.2 Å². The maximum Gasteiger partial charge on any atom is 0.260 e. The Morgan fingerprint density at radius 1 is 1.18 bits per heavy atom. The van der Waals surface area contributed by atoms with Gasteiger partial charge in [0.15, 0.2) is 5.82 Å². The van der Waals surface area contributed by atoms with Gasteiger partial charge in [-0.1, -0.05) is 25.8 Å². The van der Waals surface area contributed by atoms with E-state index in [2.05, 4.69) is 27.0 Å². The second-order valence-electron chi connectivity index (χ2n) is 9.84. The Kier molecular flexibility index (Phi) is 4.79. The van der Waals surface area contributed by atoms with Crippen LogP contribution in [0.4, 0.5) is 5.82 Å². The summed E-state index contributed by atoms with van der Waals surface area (Å²) in [5.74, 6) is 1.41. The lowest BCUT2D eigenvalue weighted by Crippen LogP contribution is -2.24. The van der Waals surface area contributed by atoms with E-state index in [1.165, 1.54) is 12.8 Å². The van der Waals surface area contributed by atoms with Crippen molar-refractivity contribution in [3.8, 4) is 11.5 Å². The Morgan fingerprint density at radius 3 is 2.76 bits per heavy atom. The first kappa shape index (κ1) is 20.5. The lowest BCUT2D eigenvalue weighted by atomic mass is 9.99. The van der Waals surface area contributed by atoms with E-state index >= 15 is 0 Å². The molecule has 3 aromatic rings. The highest BCUT2D eigenvalue weighted by molar-refractivity contribution is 6.09. The van der Waals surface area contributed by atoms with Crippen LogP contribution in [0.25, 0.3) is 11.5 Å². The van der Waals surface area contributed by atoms with Crippen molar-refractivity contribution in [3.05, 3.63) is 53.1 Å². The molecule has 3 aromatic heterocycles. The minimum Gasteiger partial charge on any atom is -0.314 e. The van der Waals surface area contributed by atoms with Crippen molar-refractivity contribution in [2.45, 2.75) is 70.0 Å². The zero-order valence-corrected chi connectivity index (χ0v) is 19.2. The average Bonchev–Trinajstić information content (AvgIpc) is 3.25. The minimum absolute atomic E-state index is 0.00263. The highest BCUT2D eigenvalue weighted by Gasteiger charge is 2.43. The van der Waals surface area contributed by atoms with Crippen molar-refractivity contribution in [2.24, 2.45) is 0 Å². The summed E-state index contributed by atoms with van der Waals surface area (Å²) in [6.07, 6.45) is 8.83. The second-order valence-corrected chi connectivity index (χ2v) is 9.84. The number of rotatable bonds is 6. The molecule has 8 nitrogen and oxygen atoms in total. The fourth-order valence-corrected chi connectivity index (χ4v) is 5.19. The third-order valence-corrected chi connectivity index (χ3v) is 7.50. The first-order valence-electron chi connectivity index (χ1n) is 11.9. The van der Waals surface area contributed by atoms with Gasteiger partial charge in [-0.15, -0.1) is 10.2 Å². The summed E-state index contributed by atoms with van der Waals surface area (Å²) in [5, 5.41) is 11.8. The van der Waals surface area contributed by atoms with E-state index in [4.69, 9.17) is 9.97 Å². The molecule has 2 saturated carbocycles. The Bertz CT molecular complexity index is 1220. The van der Waals surface area contributed by atoms with Gasteiger partial charge in [0.2, 0.25) is 0 Å². The van der Waals surface area contributed by atoms with E-state index in [0.29, 0.717) is 24.9 Å². The predicted molar refractivity (Wildman–Crippen MR) is 125 cm³/mol. The van der Waals surface area contributed by atoms with Crippen molar-refractivity contribution in [1.82, 2.24) is 30.0 Å². The normalized spacial score (nSPS) is 19.3. The summed E-state index contributed by atoms with van der Waals surface area (Å²) in [4.78, 5) is 25.1. The smallest absolute Gasteiger partial charge is 0.260 e. The Balaban J connectivity index is 1.35. The van der Waals surface area contributed by atoms with E-state index in [-0.39, 0.29) is 11.3 Å². The average molecular weight is 444 g/mol. The van der Waals surface area contributed by atoms with Gasteiger partial charge in [-0.05, 0) is 50.9 Å². The Morgan fingerprint density at radius 2 is 2.00 bits per heavy atom. The largest absolute Gasteiger partial charge is 0.314 e. The van der Waals surface area contributed by atoms with E-state index in [0.717, 1.165) is 59.7 Å². The number of nitrogens with one attached hydrogen (secondary N) is 1. The quantitative estimate of drug-likeness (QED) is 0.624. The van der Waals surface area contributed by atoms with Crippen LogP contribution in [0, 0.1) is 0 Å². The molecule has 0 aromatic carbocycles. The van der Waals surface area contributed by atoms with Crippen LogP contribution in [0.5, 0.6) is 0 Å². The molecular weight excluding hydrogens is 414 g/mol. The molecule has 1 aliphatic heterocycles. The van der Waals surface area contributed by atoms with Crippen LogP contribution in [0.1, 0.15) is 78.8 Å². The van der Waals surface area contributed by atoms with E-state index < -0.39 is 0 Å². The highest BCUT2D eigenvalue weighted by Crippen LogP contribution is 2.48. The summed E-state index contributed by atoms with van der Waals surface area (Å²) in [5.41, 5.74) is 4.62. The summed E-state index contributed by atoms with van der Waals surface area (Å²) >= 11 is 0. The fraction of sp³-hybridized carbons (Fsp3) is 0.480. The van der Waals surface area contributed by atoms with Gasteiger partial charge in [0.05, 0.1) is 12.2 Å². The number of pyridine rings is 2. The first-order valence-corrected chi connectivity index (χ1v) is 11.9. The molecule has 33 heavy (non-hydrogen) atoms. The molecule has 0 spiro atoms. The Hall–Kier alpha value is -3.13. The SMILES string of the molecule is CNCc1nc(C2(C)CC2)cc2c1CN(c1cccc(-c3nncn3C3CCCC3)n1)C2=O. The molecule has 3 aliphatic rings. The summed E-state index contributed by atoms with van der Waals surface area (Å²) in [7, 11) is 1.92. The van der Waals surface area contributed by atoms with Crippen molar-refractivity contribution in [1.29, 1.82) is 0 Å². The number of carbonyl (C=O) groups excluding carboxylic acids is 1. The number of amides is 1. The van der Waals surface area contributed by atoms with Gasteiger partial charge >= 0.3 is 0 Å². The number of hydrogen-bond acceptors (Lipinski definition) is 6. The molecular formula is C25H29N7O. The molecule has 4 heterocycles. The third kappa shape index (κ3) is 3.44. The van der Waals surface area contributed by atoms with Crippen molar-refractivity contribution in [3.63, 3.8) is 0 Å². The maximum atomic E-state index is 13.5. The number of nitrogens with zero attached hydrogens (tertiary/aromatic N) is 6. The second kappa shape index (κ2) is 7.73. The van der Waals surface area contributed by atoms with E-state index in [1.54, 1.807) is 4.90 Å². The lowest BCUT2D eigenvalue weighted by molar-refractivity contribution is 0.0996. The monoisotopic (exact) mass is 443 g/mol. The molecule has 0 radical (unpaired) electrons. The highest BCUT2D eigenvalue weighted by atomic mass is 16.2. The first-order chi connectivity index (χ1) is 16.1. The number of anilines is 1. The Labute approximate surface area is 193 Å². The van der Waals surface area contributed by atoms with Crippen LogP contribution >= 0.6 is 0 Å².